The van der Waals surface area contributed by atoms with Gasteiger partial charge in [0.05, 0.1) is 5.56 Å². The van der Waals surface area contributed by atoms with Crippen LogP contribution in [0.3, 0.4) is 0 Å². The lowest BCUT2D eigenvalue weighted by Gasteiger charge is -2.30. The molecule has 6 heteroatoms. The summed E-state index contributed by atoms with van der Waals surface area (Å²) >= 11 is 0. The minimum absolute atomic E-state index is 0.00354. The summed E-state index contributed by atoms with van der Waals surface area (Å²) in [6.07, 6.45) is 3.15. The number of aromatic nitrogens is 2. The van der Waals surface area contributed by atoms with E-state index in [9.17, 15) is 4.79 Å². The highest BCUT2D eigenvalue weighted by molar-refractivity contribution is 5.94. The first-order valence-corrected chi connectivity index (χ1v) is 11.0. The Hall–Kier alpha value is -3.67. The number of ether oxygens (including phenoxy) is 1. The first-order valence-electron chi connectivity index (χ1n) is 11.0. The molecule has 5 rings (SSSR count). The molecule has 0 radical (unpaired) electrons. The van der Waals surface area contributed by atoms with Crippen molar-refractivity contribution in [3.05, 3.63) is 89.9 Å². The number of para-hydroxylation sites is 2. The molecular weight excluding hydrogens is 402 g/mol. The van der Waals surface area contributed by atoms with Gasteiger partial charge >= 0.3 is 0 Å². The topological polar surface area (TPSA) is 68.5 Å². The van der Waals surface area contributed by atoms with E-state index in [4.69, 9.17) is 9.15 Å². The van der Waals surface area contributed by atoms with Crippen molar-refractivity contribution in [1.82, 2.24) is 14.9 Å². The van der Waals surface area contributed by atoms with Gasteiger partial charge in [-0.05, 0) is 43.5 Å². The van der Waals surface area contributed by atoms with Gasteiger partial charge in [-0.2, -0.15) is 0 Å². The molecule has 2 aromatic heterocycles. The monoisotopic (exact) mass is 427 g/mol. The van der Waals surface area contributed by atoms with E-state index < -0.39 is 0 Å². The number of piperidine rings is 1. The fourth-order valence-corrected chi connectivity index (χ4v) is 4.13. The van der Waals surface area contributed by atoms with Crippen LogP contribution in [0.2, 0.25) is 0 Å². The Morgan fingerprint density at radius 1 is 1.03 bits per heavy atom. The second-order valence-electron chi connectivity index (χ2n) is 8.14. The third-order valence-electron chi connectivity index (χ3n) is 5.99. The Balaban J connectivity index is 1.19. The molecular formula is C26H25N3O3. The predicted molar refractivity (Wildman–Crippen MR) is 122 cm³/mol. The highest BCUT2D eigenvalue weighted by Gasteiger charge is 2.27. The van der Waals surface area contributed by atoms with E-state index >= 15 is 0 Å². The Bertz CT molecular complexity index is 1160. The van der Waals surface area contributed by atoms with E-state index in [0.717, 1.165) is 35.4 Å². The number of hydrogen-bond acceptors (Lipinski definition) is 5. The number of oxazole rings is 1. The molecule has 1 fully saturated rings. The molecule has 1 aliphatic rings. The maximum Gasteiger partial charge on any atom is 0.255 e. The van der Waals surface area contributed by atoms with Crippen LogP contribution in [0.1, 0.15) is 53.6 Å². The standard InChI is InChI=1S/C26H25N3O3/c1-18(19-7-3-2-4-8-19)31-24-12-11-21(17-27-24)26(30)29-15-13-20(14-16-29)25-28-22-9-5-6-10-23(22)32-25/h2-12,17-18,20H,13-16H2,1H3/t18-/m1/s1. The van der Waals surface area contributed by atoms with Crippen LogP contribution in [-0.4, -0.2) is 33.9 Å². The van der Waals surface area contributed by atoms with E-state index in [2.05, 4.69) is 9.97 Å². The van der Waals surface area contributed by atoms with Crippen molar-refractivity contribution in [2.45, 2.75) is 31.8 Å². The van der Waals surface area contributed by atoms with Crippen LogP contribution in [0.5, 0.6) is 5.88 Å². The summed E-state index contributed by atoms with van der Waals surface area (Å²) in [6.45, 7) is 3.33. The highest BCUT2D eigenvalue weighted by atomic mass is 16.5. The van der Waals surface area contributed by atoms with Gasteiger partial charge in [-0.15, -0.1) is 0 Å². The molecule has 4 aromatic rings. The zero-order chi connectivity index (χ0) is 21.9. The zero-order valence-corrected chi connectivity index (χ0v) is 18.0. The minimum Gasteiger partial charge on any atom is -0.470 e. The van der Waals surface area contributed by atoms with Gasteiger partial charge in [0, 0.05) is 31.3 Å². The number of nitrogens with zero attached hydrogens (tertiary/aromatic N) is 3. The third-order valence-corrected chi connectivity index (χ3v) is 5.99. The van der Waals surface area contributed by atoms with Gasteiger partial charge in [0.25, 0.3) is 5.91 Å². The van der Waals surface area contributed by atoms with Gasteiger partial charge in [0.1, 0.15) is 11.6 Å². The molecule has 1 amide bonds. The molecule has 0 saturated carbocycles. The number of hydrogen-bond donors (Lipinski definition) is 0. The average Bonchev–Trinajstić information content (AvgIpc) is 3.29. The number of carbonyl (C=O) groups is 1. The molecule has 0 spiro atoms. The number of amides is 1. The van der Waals surface area contributed by atoms with E-state index in [1.165, 1.54) is 0 Å². The van der Waals surface area contributed by atoms with Gasteiger partial charge in [0.2, 0.25) is 5.88 Å². The van der Waals surface area contributed by atoms with Crippen LogP contribution in [0, 0.1) is 0 Å². The fourth-order valence-electron chi connectivity index (χ4n) is 4.13. The molecule has 6 nitrogen and oxygen atoms in total. The van der Waals surface area contributed by atoms with E-state index in [-0.39, 0.29) is 17.9 Å². The average molecular weight is 428 g/mol. The smallest absolute Gasteiger partial charge is 0.255 e. The number of rotatable bonds is 5. The van der Waals surface area contributed by atoms with Crippen molar-refractivity contribution in [1.29, 1.82) is 0 Å². The molecule has 0 unspecified atom stereocenters. The highest BCUT2D eigenvalue weighted by Crippen LogP contribution is 2.30. The summed E-state index contributed by atoms with van der Waals surface area (Å²) in [5.41, 5.74) is 3.35. The van der Waals surface area contributed by atoms with Crippen LogP contribution < -0.4 is 4.74 Å². The summed E-state index contributed by atoms with van der Waals surface area (Å²) in [5, 5.41) is 0. The maximum absolute atomic E-state index is 12.9. The summed E-state index contributed by atoms with van der Waals surface area (Å²) in [4.78, 5) is 23.8. The fraction of sp³-hybridized carbons (Fsp3) is 0.269. The quantitative estimate of drug-likeness (QED) is 0.428. The van der Waals surface area contributed by atoms with E-state index in [1.54, 1.807) is 18.3 Å². The molecule has 0 bridgehead atoms. The lowest BCUT2D eigenvalue weighted by Crippen LogP contribution is -2.38. The van der Waals surface area contributed by atoms with Gasteiger partial charge in [-0.25, -0.2) is 9.97 Å². The first kappa shape index (κ1) is 20.2. The normalized spacial score (nSPS) is 15.6. The zero-order valence-electron chi connectivity index (χ0n) is 18.0. The number of fused-ring (bicyclic) bond motifs is 1. The Labute approximate surface area is 186 Å². The molecule has 3 heterocycles. The first-order chi connectivity index (χ1) is 15.7. The molecule has 1 atom stereocenters. The van der Waals surface area contributed by atoms with Crippen molar-refractivity contribution in [2.75, 3.05) is 13.1 Å². The summed E-state index contributed by atoms with van der Waals surface area (Å²) in [7, 11) is 0. The van der Waals surface area contributed by atoms with Crippen molar-refractivity contribution in [3.63, 3.8) is 0 Å². The maximum atomic E-state index is 12.9. The van der Waals surface area contributed by atoms with Gasteiger partial charge < -0.3 is 14.1 Å². The number of likely N-dealkylation sites (tertiary alicyclic amines) is 1. The van der Waals surface area contributed by atoms with Gasteiger partial charge in [-0.3, -0.25) is 4.79 Å². The van der Waals surface area contributed by atoms with Crippen LogP contribution in [-0.2, 0) is 0 Å². The van der Waals surface area contributed by atoms with Crippen LogP contribution in [0.15, 0.2) is 77.3 Å². The lowest BCUT2D eigenvalue weighted by atomic mass is 9.96. The third kappa shape index (κ3) is 4.21. The Morgan fingerprint density at radius 2 is 1.78 bits per heavy atom. The molecule has 1 aliphatic heterocycles. The SMILES string of the molecule is C[C@@H](Oc1ccc(C(=O)N2CCC(c3nc4ccccc4o3)CC2)cn1)c1ccccc1. The Kier molecular flexibility index (Phi) is 5.58. The van der Waals surface area contributed by atoms with Crippen molar-refractivity contribution in [2.24, 2.45) is 0 Å². The number of pyridine rings is 1. The van der Waals surface area contributed by atoms with Gasteiger partial charge in [0.15, 0.2) is 11.5 Å². The lowest BCUT2D eigenvalue weighted by molar-refractivity contribution is 0.0706. The molecule has 162 valence electrons. The number of carbonyl (C=O) groups excluding carboxylic acids is 1. The second-order valence-corrected chi connectivity index (χ2v) is 8.14. The van der Waals surface area contributed by atoms with Crippen LogP contribution in [0.4, 0.5) is 0 Å². The molecule has 2 aromatic carbocycles. The molecule has 0 N–H and O–H groups in total. The second kappa shape index (κ2) is 8.83. The van der Waals surface area contributed by atoms with E-state index in [0.29, 0.717) is 24.5 Å². The predicted octanol–water partition coefficient (Wildman–Crippen LogP) is 5.38. The van der Waals surface area contributed by atoms with Crippen LogP contribution >= 0.6 is 0 Å². The molecule has 1 saturated heterocycles. The largest absolute Gasteiger partial charge is 0.470 e. The van der Waals surface area contributed by atoms with E-state index in [1.807, 2.05) is 66.4 Å². The number of benzene rings is 2. The Morgan fingerprint density at radius 3 is 2.50 bits per heavy atom. The summed E-state index contributed by atoms with van der Waals surface area (Å²) < 4.78 is 11.8. The van der Waals surface area contributed by atoms with Gasteiger partial charge in [-0.1, -0.05) is 42.5 Å². The van der Waals surface area contributed by atoms with Crippen molar-refractivity contribution >= 4 is 17.0 Å². The molecule has 0 aliphatic carbocycles. The molecule has 32 heavy (non-hydrogen) atoms. The van der Waals surface area contributed by atoms with Crippen molar-refractivity contribution in [3.8, 4) is 5.88 Å². The summed E-state index contributed by atoms with van der Waals surface area (Å²) in [6, 6.07) is 21.3. The summed E-state index contributed by atoms with van der Waals surface area (Å²) in [5.74, 6) is 1.51. The van der Waals surface area contributed by atoms with Crippen molar-refractivity contribution < 1.29 is 13.9 Å². The minimum atomic E-state index is -0.115. The van der Waals surface area contributed by atoms with Crippen LogP contribution in [0.25, 0.3) is 11.1 Å².